The minimum Gasteiger partial charge on any atom is -0.318 e. The van der Waals surface area contributed by atoms with E-state index in [0.717, 1.165) is 5.56 Å². The second-order valence-electron chi connectivity index (χ2n) is 5.13. The lowest BCUT2D eigenvalue weighted by atomic mass is 10.2. The normalized spacial score (nSPS) is 10.9. The first-order valence-electron chi connectivity index (χ1n) is 7.13. The molecule has 0 aliphatic rings. The first-order chi connectivity index (χ1) is 10.6. The molecule has 0 unspecified atom stereocenters. The van der Waals surface area contributed by atoms with Crippen molar-refractivity contribution in [1.29, 1.82) is 0 Å². The Bertz CT molecular complexity index is 854. The third kappa shape index (κ3) is 2.45. The van der Waals surface area contributed by atoms with Gasteiger partial charge in [0.15, 0.2) is 0 Å². The van der Waals surface area contributed by atoms with Crippen LogP contribution in [0.5, 0.6) is 0 Å². The van der Waals surface area contributed by atoms with Crippen LogP contribution in [0.1, 0.15) is 28.7 Å². The van der Waals surface area contributed by atoms with E-state index in [2.05, 4.69) is 10.3 Å². The zero-order valence-electron chi connectivity index (χ0n) is 12.4. The van der Waals surface area contributed by atoms with Crippen molar-refractivity contribution < 1.29 is 9.18 Å². The van der Waals surface area contributed by atoms with Crippen molar-refractivity contribution in [3.05, 3.63) is 65.4 Å². The molecule has 0 saturated heterocycles. The highest BCUT2D eigenvalue weighted by Gasteiger charge is 2.19. The molecule has 3 rings (SSSR count). The molecule has 0 radical (unpaired) electrons. The molecule has 0 aliphatic carbocycles. The molecular weight excluding hydrogens is 281 g/mol. The number of carbonyl (C=O) groups is 1. The van der Waals surface area contributed by atoms with E-state index in [1.165, 1.54) is 12.1 Å². The highest BCUT2D eigenvalue weighted by Crippen LogP contribution is 2.18. The minimum atomic E-state index is -0.459. The predicted molar refractivity (Wildman–Crippen MR) is 83.7 cm³/mol. The topological polar surface area (TPSA) is 46.4 Å². The smallest absolute Gasteiger partial charge is 0.274 e. The number of hydrogen-bond acceptors (Lipinski definition) is 2. The maximum Gasteiger partial charge on any atom is 0.274 e. The lowest BCUT2D eigenvalue weighted by Crippen LogP contribution is -2.17. The van der Waals surface area contributed by atoms with Gasteiger partial charge in [0.2, 0.25) is 0 Å². The Morgan fingerprint density at radius 2 is 2.05 bits per heavy atom. The second kappa shape index (κ2) is 5.60. The van der Waals surface area contributed by atoms with Gasteiger partial charge in [-0.25, -0.2) is 9.37 Å². The maximum absolute atomic E-state index is 13.7. The number of anilines is 1. The van der Waals surface area contributed by atoms with Gasteiger partial charge in [-0.3, -0.25) is 9.20 Å². The number of hydrogen-bond donors (Lipinski definition) is 1. The summed E-state index contributed by atoms with van der Waals surface area (Å²) in [6.45, 7) is 3.89. The van der Waals surface area contributed by atoms with E-state index in [9.17, 15) is 9.18 Å². The van der Waals surface area contributed by atoms with E-state index in [1.54, 1.807) is 16.5 Å². The Morgan fingerprint density at radius 1 is 1.27 bits per heavy atom. The number of amides is 1. The quantitative estimate of drug-likeness (QED) is 0.803. The number of pyridine rings is 1. The molecule has 0 saturated carbocycles. The Morgan fingerprint density at radius 3 is 2.77 bits per heavy atom. The van der Waals surface area contributed by atoms with Crippen molar-refractivity contribution in [2.24, 2.45) is 0 Å². The van der Waals surface area contributed by atoms with Crippen LogP contribution in [0.15, 0.2) is 42.6 Å². The number of halogens is 1. The summed E-state index contributed by atoms with van der Waals surface area (Å²) in [6.07, 6.45) is 2.48. The van der Waals surface area contributed by atoms with E-state index in [-0.39, 0.29) is 11.6 Å². The molecular formula is C17H16FN3O. The number of imidazole rings is 1. The number of aromatic nitrogens is 2. The molecule has 0 fully saturated rings. The Hall–Kier alpha value is -2.69. The fourth-order valence-corrected chi connectivity index (χ4v) is 2.43. The molecule has 0 spiro atoms. The Kier molecular flexibility index (Phi) is 3.63. The van der Waals surface area contributed by atoms with Gasteiger partial charge in [-0.2, -0.15) is 0 Å². The zero-order valence-corrected chi connectivity index (χ0v) is 12.4. The van der Waals surface area contributed by atoms with Gasteiger partial charge >= 0.3 is 0 Å². The summed E-state index contributed by atoms with van der Waals surface area (Å²) in [5, 5.41) is 2.62. The molecule has 4 nitrogen and oxygen atoms in total. The van der Waals surface area contributed by atoms with Crippen molar-refractivity contribution >= 4 is 17.2 Å². The van der Waals surface area contributed by atoms with Crippen molar-refractivity contribution in [1.82, 2.24) is 9.38 Å². The number of nitrogens with one attached hydrogen (secondary N) is 1. The summed E-state index contributed by atoms with van der Waals surface area (Å²) in [6, 6.07) is 9.93. The van der Waals surface area contributed by atoms with Crippen molar-refractivity contribution in [3.63, 3.8) is 0 Å². The number of fused-ring (bicyclic) bond motifs is 1. The first-order valence-corrected chi connectivity index (χ1v) is 7.13. The van der Waals surface area contributed by atoms with E-state index in [1.807, 2.05) is 32.2 Å². The first kappa shape index (κ1) is 14.3. The molecule has 1 aromatic carbocycles. The predicted octanol–water partition coefficient (Wildman–Crippen LogP) is 3.60. The van der Waals surface area contributed by atoms with Crippen LogP contribution < -0.4 is 5.32 Å². The van der Waals surface area contributed by atoms with Gasteiger partial charge < -0.3 is 5.32 Å². The van der Waals surface area contributed by atoms with Crippen LogP contribution in [-0.2, 0) is 6.42 Å². The van der Waals surface area contributed by atoms with Gasteiger partial charge in [0.05, 0.1) is 11.4 Å². The van der Waals surface area contributed by atoms with Crippen LogP contribution in [0.25, 0.3) is 5.65 Å². The van der Waals surface area contributed by atoms with Crippen LogP contribution in [0.3, 0.4) is 0 Å². The molecule has 0 aliphatic heterocycles. The summed E-state index contributed by atoms with van der Waals surface area (Å²) in [7, 11) is 0. The minimum absolute atomic E-state index is 0.164. The van der Waals surface area contributed by atoms with Gasteiger partial charge in [-0.05, 0) is 37.1 Å². The van der Waals surface area contributed by atoms with Crippen molar-refractivity contribution in [2.45, 2.75) is 20.3 Å². The molecule has 1 N–H and O–H groups in total. The SMILES string of the molecule is CCc1nc2ccc(C)cn2c1C(=O)Nc1ccccc1F. The van der Waals surface area contributed by atoms with Crippen LogP contribution in [-0.4, -0.2) is 15.3 Å². The van der Waals surface area contributed by atoms with Crippen LogP contribution >= 0.6 is 0 Å². The molecule has 1 amide bonds. The zero-order chi connectivity index (χ0) is 15.7. The number of aryl methyl sites for hydroxylation is 2. The number of carbonyl (C=O) groups excluding carboxylic acids is 1. The third-order valence-corrected chi connectivity index (χ3v) is 3.51. The van der Waals surface area contributed by atoms with E-state index in [0.29, 0.717) is 23.5 Å². The number of nitrogens with zero attached hydrogens (tertiary/aromatic N) is 2. The molecule has 0 atom stereocenters. The van der Waals surface area contributed by atoms with Crippen LogP contribution in [0.4, 0.5) is 10.1 Å². The fourth-order valence-electron chi connectivity index (χ4n) is 2.43. The number of rotatable bonds is 3. The maximum atomic E-state index is 13.7. The lowest BCUT2D eigenvalue weighted by Gasteiger charge is -2.07. The highest BCUT2D eigenvalue weighted by molar-refractivity contribution is 6.04. The molecule has 2 heterocycles. The monoisotopic (exact) mass is 297 g/mol. The average Bonchev–Trinajstić information content (AvgIpc) is 2.87. The van der Waals surface area contributed by atoms with Gasteiger partial charge in [0, 0.05) is 6.20 Å². The summed E-state index contributed by atoms with van der Waals surface area (Å²) in [5.74, 6) is -0.820. The van der Waals surface area contributed by atoms with Gasteiger partial charge in [-0.1, -0.05) is 25.1 Å². The van der Waals surface area contributed by atoms with Crippen molar-refractivity contribution in [2.75, 3.05) is 5.32 Å². The van der Waals surface area contributed by atoms with E-state index >= 15 is 0 Å². The molecule has 22 heavy (non-hydrogen) atoms. The Labute approximate surface area is 127 Å². The molecule has 5 heteroatoms. The standard InChI is InChI=1S/C17H16FN3O/c1-3-13-16(21-10-11(2)8-9-15(21)19-13)17(22)20-14-7-5-4-6-12(14)18/h4-10H,3H2,1-2H3,(H,20,22). The average molecular weight is 297 g/mol. The Balaban J connectivity index is 2.06. The highest BCUT2D eigenvalue weighted by atomic mass is 19.1. The molecule has 0 bridgehead atoms. The molecule has 2 aromatic heterocycles. The third-order valence-electron chi connectivity index (χ3n) is 3.51. The van der Waals surface area contributed by atoms with Crippen LogP contribution in [0.2, 0.25) is 0 Å². The fraction of sp³-hybridized carbons (Fsp3) is 0.176. The van der Waals surface area contributed by atoms with E-state index < -0.39 is 5.82 Å². The van der Waals surface area contributed by atoms with Gasteiger partial charge in [0.25, 0.3) is 5.91 Å². The van der Waals surface area contributed by atoms with Crippen LogP contribution in [0, 0.1) is 12.7 Å². The molecule has 112 valence electrons. The number of para-hydroxylation sites is 1. The van der Waals surface area contributed by atoms with Crippen molar-refractivity contribution in [3.8, 4) is 0 Å². The lowest BCUT2D eigenvalue weighted by molar-refractivity contribution is 0.102. The van der Waals surface area contributed by atoms with Gasteiger partial charge in [0.1, 0.15) is 17.2 Å². The summed E-state index contributed by atoms with van der Waals surface area (Å²) < 4.78 is 15.5. The summed E-state index contributed by atoms with van der Waals surface area (Å²) in [4.78, 5) is 17.1. The summed E-state index contributed by atoms with van der Waals surface area (Å²) >= 11 is 0. The largest absolute Gasteiger partial charge is 0.318 e. The summed E-state index contributed by atoms with van der Waals surface area (Å²) in [5.41, 5.74) is 3.04. The van der Waals surface area contributed by atoms with E-state index in [4.69, 9.17) is 0 Å². The van der Waals surface area contributed by atoms with Gasteiger partial charge in [-0.15, -0.1) is 0 Å². The molecule has 3 aromatic rings. The number of benzene rings is 1. The second-order valence-corrected chi connectivity index (χ2v) is 5.13.